The maximum absolute atomic E-state index is 13.5. The van der Waals surface area contributed by atoms with Gasteiger partial charge in [0.05, 0.1) is 38.0 Å². The Hall–Kier alpha value is -5.95. The molecule has 13 nitrogen and oxygen atoms in total. The van der Waals surface area contributed by atoms with E-state index in [1.165, 1.54) is 0 Å². The van der Waals surface area contributed by atoms with Gasteiger partial charge in [-0.1, -0.05) is 30.3 Å². The zero-order valence-electron chi connectivity index (χ0n) is 19.4. The molecule has 0 saturated heterocycles. The molecule has 1 aliphatic carbocycles. The molecule has 0 radical (unpaired) electrons. The lowest BCUT2D eigenvalue weighted by Gasteiger charge is -2.16. The molecule has 0 saturated carbocycles. The summed E-state index contributed by atoms with van der Waals surface area (Å²) in [5.74, 6) is -0.823. The second kappa shape index (κ2) is 9.60. The lowest BCUT2D eigenvalue weighted by Crippen LogP contribution is -2.27. The number of hydrogen-bond acceptors (Lipinski definition) is 9. The topological polar surface area (TPSA) is 206 Å². The highest BCUT2D eigenvalue weighted by Gasteiger charge is 2.39. The summed E-state index contributed by atoms with van der Waals surface area (Å²) in [6.45, 7) is 1.67. The number of benzene rings is 3. The van der Waals surface area contributed by atoms with E-state index in [1.807, 2.05) is 0 Å². The first-order chi connectivity index (χ1) is 18.1. The Bertz CT molecular complexity index is 1670. The summed E-state index contributed by atoms with van der Waals surface area (Å²) >= 11 is 0. The summed E-state index contributed by atoms with van der Waals surface area (Å²) in [6.07, 6.45) is 0. The molecule has 0 bridgehead atoms. The fraction of sp³-hybridized carbons (Fsp3) is 0.0800. The summed E-state index contributed by atoms with van der Waals surface area (Å²) in [7, 11) is 0. The normalized spacial score (nSPS) is 11.8. The van der Waals surface area contributed by atoms with Crippen LogP contribution in [0.5, 0.6) is 0 Å². The zero-order chi connectivity index (χ0) is 27.7. The minimum atomic E-state index is -0.896. The van der Waals surface area contributed by atoms with Crippen LogP contribution in [0.4, 0.5) is 17.1 Å². The molecule has 4 rings (SSSR count). The van der Waals surface area contributed by atoms with Crippen molar-refractivity contribution in [2.45, 2.75) is 13.0 Å². The number of nitro benzene ring substituents is 3. The van der Waals surface area contributed by atoms with Crippen LogP contribution in [0.2, 0.25) is 0 Å². The Morgan fingerprint density at radius 1 is 0.842 bits per heavy atom. The van der Waals surface area contributed by atoms with Crippen LogP contribution in [0.15, 0.2) is 60.2 Å². The van der Waals surface area contributed by atoms with Crippen LogP contribution in [-0.2, 0) is 0 Å². The van der Waals surface area contributed by atoms with Gasteiger partial charge in [-0.2, -0.15) is 10.5 Å². The number of hydrogen-bond donors (Lipinski definition) is 1. The number of nitriles is 2. The first-order valence-electron chi connectivity index (χ1n) is 10.8. The molecule has 0 spiro atoms. The average Bonchev–Trinajstić information content (AvgIpc) is 3.22. The Morgan fingerprint density at radius 2 is 1.39 bits per heavy atom. The van der Waals surface area contributed by atoms with Crippen molar-refractivity contribution in [2.24, 2.45) is 0 Å². The predicted octanol–water partition coefficient (Wildman–Crippen LogP) is 4.73. The zero-order valence-corrected chi connectivity index (χ0v) is 19.4. The van der Waals surface area contributed by atoms with E-state index in [4.69, 9.17) is 0 Å². The molecule has 1 aliphatic rings. The summed E-state index contributed by atoms with van der Waals surface area (Å²) in [4.78, 5) is 46.2. The molecule has 0 aliphatic heterocycles. The fourth-order valence-electron chi connectivity index (χ4n) is 4.35. The van der Waals surface area contributed by atoms with Crippen molar-refractivity contribution in [1.29, 1.82) is 10.5 Å². The molecule has 0 aromatic heterocycles. The Balaban J connectivity index is 2.09. The standard InChI is InChI=1S/C25H14N6O7/c1-13(14-5-3-2-4-6-14)28-25(32)20-9-16(29(33)34)7-18-22(15(11-26)12-27)19-8-17(30(35)36)10-21(31(37)38)24(19)23(18)20/h2-10,13H,1H3,(H,28,32). The molecule has 186 valence electrons. The molecule has 1 N–H and O–H groups in total. The predicted molar refractivity (Wildman–Crippen MR) is 131 cm³/mol. The van der Waals surface area contributed by atoms with Gasteiger partial charge in [0.15, 0.2) is 0 Å². The van der Waals surface area contributed by atoms with Crippen LogP contribution < -0.4 is 5.32 Å². The molecular formula is C25H14N6O7. The largest absolute Gasteiger partial charge is 0.345 e. The van der Waals surface area contributed by atoms with Crippen LogP contribution in [-0.4, -0.2) is 20.7 Å². The van der Waals surface area contributed by atoms with Gasteiger partial charge in [0.2, 0.25) is 0 Å². The second-order valence-corrected chi connectivity index (χ2v) is 8.15. The Morgan fingerprint density at radius 3 is 1.92 bits per heavy atom. The molecule has 3 aromatic rings. The van der Waals surface area contributed by atoms with Gasteiger partial charge in [-0.25, -0.2) is 0 Å². The minimum absolute atomic E-state index is 0.150. The smallest absolute Gasteiger partial charge is 0.284 e. The van der Waals surface area contributed by atoms with Crippen LogP contribution in [0, 0.1) is 53.0 Å². The highest BCUT2D eigenvalue weighted by atomic mass is 16.6. The first kappa shape index (κ1) is 25.2. The molecule has 0 fully saturated rings. The summed E-state index contributed by atoms with van der Waals surface area (Å²) < 4.78 is 0. The van der Waals surface area contributed by atoms with Gasteiger partial charge in [0, 0.05) is 40.5 Å². The van der Waals surface area contributed by atoms with Gasteiger partial charge in [0.25, 0.3) is 23.0 Å². The van der Waals surface area contributed by atoms with Crippen molar-refractivity contribution < 1.29 is 19.6 Å². The van der Waals surface area contributed by atoms with E-state index in [2.05, 4.69) is 5.32 Å². The summed E-state index contributed by atoms with van der Waals surface area (Å²) in [5, 5.41) is 57.2. The highest BCUT2D eigenvalue weighted by Crippen LogP contribution is 2.53. The third-order valence-corrected chi connectivity index (χ3v) is 6.00. The van der Waals surface area contributed by atoms with E-state index < -0.39 is 49.4 Å². The first-order valence-corrected chi connectivity index (χ1v) is 10.8. The van der Waals surface area contributed by atoms with Crippen LogP contribution in [0.1, 0.15) is 40.0 Å². The van der Waals surface area contributed by atoms with Crippen molar-refractivity contribution in [3.8, 4) is 23.3 Å². The molecular weight excluding hydrogens is 496 g/mol. The lowest BCUT2D eigenvalue weighted by atomic mass is 9.95. The van der Waals surface area contributed by atoms with Gasteiger partial charge in [-0.3, -0.25) is 35.1 Å². The summed E-state index contributed by atoms with van der Waals surface area (Å²) in [5.41, 5.74) is -3.36. The number of fused-ring (bicyclic) bond motifs is 3. The van der Waals surface area contributed by atoms with E-state index in [1.54, 1.807) is 49.4 Å². The lowest BCUT2D eigenvalue weighted by molar-refractivity contribution is -0.393. The van der Waals surface area contributed by atoms with Crippen molar-refractivity contribution in [1.82, 2.24) is 5.32 Å². The van der Waals surface area contributed by atoms with Crippen molar-refractivity contribution in [3.05, 3.63) is 113 Å². The van der Waals surface area contributed by atoms with E-state index >= 15 is 0 Å². The van der Waals surface area contributed by atoms with Crippen molar-refractivity contribution >= 4 is 28.5 Å². The third kappa shape index (κ3) is 4.16. The fourth-order valence-corrected chi connectivity index (χ4v) is 4.35. The number of non-ortho nitro benzene ring substituents is 2. The van der Waals surface area contributed by atoms with Crippen LogP contribution in [0.25, 0.3) is 16.7 Å². The third-order valence-electron chi connectivity index (χ3n) is 6.00. The van der Waals surface area contributed by atoms with Crippen molar-refractivity contribution in [3.63, 3.8) is 0 Å². The van der Waals surface area contributed by atoms with Crippen molar-refractivity contribution in [2.75, 3.05) is 0 Å². The molecule has 1 unspecified atom stereocenters. The van der Waals surface area contributed by atoms with E-state index in [-0.39, 0.29) is 33.4 Å². The monoisotopic (exact) mass is 510 g/mol. The number of nitrogens with zero attached hydrogens (tertiary/aromatic N) is 5. The van der Waals surface area contributed by atoms with Gasteiger partial charge < -0.3 is 5.32 Å². The number of amides is 1. The number of allylic oxidation sites excluding steroid dienone is 1. The molecule has 1 amide bonds. The maximum Gasteiger partial charge on any atom is 0.284 e. The Kier molecular flexibility index (Phi) is 6.35. The number of nitro groups is 3. The van der Waals surface area contributed by atoms with Crippen LogP contribution in [0.3, 0.4) is 0 Å². The van der Waals surface area contributed by atoms with E-state index in [0.717, 1.165) is 18.2 Å². The molecule has 38 heavy (non-hydrogen) atoms. The Labute approximate surface area is 213 Å². The highest BCUT2D eigenvalue weighted by molar-refractivity contribution is 6.14. The summed E-state index contributed by atoms with van der Waals surface area (Å²) in [6, 6.07) is 15.0. The second-order valence-electron chi connectivity index (χ2n) is 8.15. The minimum Gasteiger partial charge on any atom is -0.345 e. The number of rotatable bonds is 6. The molecule has 0 heterocycles. The quantitative estimate of drug-likeness (QED) is 0.216. The van der Waals surface area contributed by atoms with Gasteiger partial charge in [-0.05, 0) is 12.5 Å². The van der Waals surface area contributed by atoms with Crippen LogP contribution >= 0.6 is 0 Å². The average molecular weight is 510 g/mol. The SMILES string of the molecule is CC(NC(=O)c1cc([N+](=O)[O-])cc2c1-c1c(cc([N+](=O)[O-])cc1[N+](=O)[O-])C2=C(C#N)C#N)c1ccccc1. The van der Waals surface area contributed by atoms with Gasteiger partial charge in [0.1, 0.15) is 17.7 Å². The molecule has 1 atom stereocenters. The maximum atomic E-state index is 13.5. The number of carbonyl (C=O) groups is 1. The molecule has 3 aromatic carbocycles. The van der Waals surface area contributed by atoms with Gasteiger partial charge >= 0.3 is 0 Å². The van der Waals surface area contributed by atoms with Gasteiger partial charge in [-0.15, -0.1) is 0 Å². The molecule has 13 heteroatoms. The van der Waals surface area contributed by atoms with E-state index in [0.29, 0.717) is 11.6 Å². The van der Waals surface area contributed by atoms with E-state index in [9.17, 15) is 45.7 Å². The number of nitrogens with one attached hydrogen (secondary N) is 1. The number of carbonyl (C=O) groups excluding carboxylic acids is 1.